The molecule has 1 rings (SSSR count). The standard InChI is InChI=1S/C13H9B4N/c1-2-8(9-5-3-4-6-11(9)18)12(16)13(17)10(15)7-14/h1,3-6H,7,18H2/b12-8-,13-10-. The van der Waals surface area contributed by atoms with Crippen LogP contribution in [0.5, 0.6) is 0 Å². The van der Waals surface area contributed by atoms with Crippen LogP contribution in [0.15, 0.2) is 40.7 Å². The predicted octanol–water partition coefficient (Wildman–Crippen LogP) is 0.917. The average Bonchev–Trinajstić information content (AvgIpc) is 2.39. The summed E-state index contributed by atoms with van der Waals surface area (Å²) in [5.74, 6) is 2.48. The number of anilines is 1. The van der Waals surface area contributed by atoms with Crippen molar-refractivity contribution in [2.45, 2.75) is 6.32 Å². The summed E-state index contributed by atoms with van der Waals surface area (Å²) in [4.78, 5) is 0. The maximum Gasteiger partial charge on any atom is 0.114 e. The summed E-state index contributed by atoms with van der Waals surface area (Å²) < 4.78 is 0. The molecule has 0 saturated heterocycles. The van der Waals surface area contributed by atoms with Gasteiger partial charge in [-0.15, -0.1) is 17.4 Å². The molecule has 0 aliphatic heterocycles. The van der Waals surface area contributed by atoms with Crippen molar-refractivity contribution in [3.63, 3.8) is 0 Å². The van der Waals surface area contributed by atoms with Gasteiger partial charge in [-0.1, -0.05) is 35.9 Å². The molecule has 0 atom stereocenters. The number of nitrogens with two attached hydrogens (primary N) is 1. The van der Waals surface area contributed by atoms with E-state index in [2.05, 4.69) is 5.92 Å². The first-order valence-corrected chi connectivity index (χ1v) is 5.28. The molecule has 0 unspecified atom stereocenters. The molecule has 2 N–H and O–H groups in total. The molecule has 5 heteroatoms. The lowest BCUT2D eigenvalue weighted by Gasteiger charge is -2.14. The minimum absolute atomic E-state index is 0.106. The Balaban J connectivity index is 3.44. The number of para-hydroxylation sites is 1. The Kier molecular flexibility index (Phi) is 5.04. The maximum absolute atomic E-state index is 5.91. The van der Waals surface area contributed by atoms with Crippen LogP contribution in [0, 0.1) is 12.3 Å². The van der Waals surface area contributed by atoms with Gasteiger partial charge in [0, 0.05) is 16.8 Å². The van der Waals surface area contributed by atoms with Crippen molar-refractivity contribution < 1.29 is 0 Å². The number of hydrogen-bond acceptors (Lipinski definition) is 1. The summed E-state index contributed by atoms with van der Waals surface area (Å²) >= 11 is 0. The van der Waals surface area contributed by atoms with Crippen molar-refractivity contribution in [3.05, 3.63) is 46.2 Å². The molecule has 0 spiro atoms. The summed E-state index contributed by atoms with van der Waals surface area (Å²) in [6.07, 6.45) is 5.57. The molecule has 0 aromatic heterocycles. The van der Waals surface area contributed by atoms with Crippen LogP contribution in [0.4, 0.5) is 5.69 Å². The molecule has 8 radical (unpaired) electrons. The first kappa shape index (κ1) is 14.4. The number of nitrogen functional groups attached to an aromatic ring is 1. The summed E-state index contributed by atoms with van der Waals surface area (Å²) in [6, 6.07) is 7.11. The average molecular weight is 222 g/mol. The fraction of sp³-hybridized carbons (Fsp3) is 0.0769. The summed E-state index contributed by atoms with van der Waals surface area (Å²) in [5, 5.41) is 0. The van der Waals surface area contributed by atoms with E-state index < -0.39 is 0 Å². The fourth-order valence-electron chi connectivity index (χ4n) is 1.44. The number of rotatable bonds is 3. The van der Waals surface area contributed by atoms with Gasteiger partial charge < -0.3 is 5.73 Å². The molecule has 0 fully saturated rings. The van der Waals surface area contributed by atoms with Crippen LogP contribution < -0.4 is 5.73 Å². The zero-order valence-electron chi connectivity index (χ0n) is 9.98. The maximum atomic E-state index is 5.91. The lowest BCUT2D eigenvalue weighted by molar-refractivity contribution is 1.57. The normalized spacial score (nSPS) is 13.3. The van der Waals surface area contributed by atoms with E-state index in [9.17, 15) is 0 Å². The molecule has 0 amide bonds. The molecule has 0 heterocycles. The number of hydrogen-bond donors (Lipinski definition) is 1. The predicted molar refractivity (Wildman–Crippen MR) is 81.5 cm³/mol. The second kappa shape index (κ2) is 6.31. The molecule has 1 aromatic rings. The molecule has 0 aliphatic carbocycles. The van der Waals surface area contributed by atoms with Crippen LogP contribution in [0.2, 0.25) is 6.32 Å². The van der Waals surface area contributed by atoms with Gasteiger partial charge in [0.1, 0.15) is 23.5 Å². The summed E-state index contributed by atoms with van der Waals surface area (Å²) in [5.41, 5.74) is 8.10. The first-order valence-electron chi connectivity index (χ1n) is 5.28. The molecule has 1 nitrogen and oxygen atoms in total. The highest BCUT2D eigenvalue weighted by molar-refractivity contribution is 6.44. The van der Waals surface area contributed by atoms with Crippen molar-refractivity contribution in [2.24, 2.45) is 0 Å². The quantitative estimate of drug-likeness (QED) is 0.350. The van der Waals surface area contributed by atoms with Crippen molar-refractivity contribution in [1.29, 1.82) is 0 Å². The highest BCUT2D eigenvalue weighted by Gasteiger charge is 2.08. The van der Waals surface area contributed by atoms with Crippen molar-refractivity contribution in [2.75, 3.05) is 5.73 Å². The van der Waals surface area contributed by atoms with Crippen LogP contribution in [0.25, 0.3) is 5.57 Å². The molecular weight excluding hydrogens is 213 g/mol. The van der Waals surface area contributed by atoms with Gasteiger partial charge in [0.25, 0.3) is 0 Å². The third kappa shape index (κ3) is 2.96. The second-order valence-corrected chi connectivity index (χ2v) is 3.66. The lowest BCUT2D eigenvalue weighted by atomic mass is 9.65. The minimum atomic E-state index is 0.106. The zero-order chi connectivity index (χ0) is 13.7. The van der Waals surface area contributed by atoms with E-state index in [1.54, 1.807) is 18.2 Å². The van der Waals surface area contributed by atoms with Gasteiger partial charge in [-0.3, -0.25) is 0 Å². The highest BCUT2D eigenvalue weighted by Crippen LogP contribution is 2.25. The van der Waals surface area contributed by atoms with Crippen LogP contribution >= 0.6 is 0 Å². The van der Waals surface area contributed by atoms with Crippen LogP contribution in [-0.4, -0.2) is 31.4 Å². The van der Waals surface area contributed by atoms with Crippen LogP contribution in [0.3, 0.4) is 0 Å². The zero-order valence-corrected chi connectivity index (χ0v) is 9.98. The Morgan fingerprint density at radius 2 is 1.78 bits per heavy atom. The number of allylic oxidation sites excluding steroid dienone is 4. The van der Waals surface area contributed by atoms with Crippen LogP contribution in [-0.2, 0) is 0 Å². The number of terminal acetylenes is 1. The van der Waals surface area contributed by atoms with E-state index >= 15 is 0 Å². The summed E-state index contributed by atoms with van der Waals surface area (Å²) in [6.45, 7) is 0. The molecular formula is C13H9B4N. The Bertz CT molecular complexity index is 552. The largest absolute Gasteiger partial charge is 0.398 e. The smallest absolute Gasteiger partial charge is 0.114 e. The van der Waals surface area contributed by atoms with E-state index in [1.807, 2.05) is 6.07 Å². The highest BCUT2D eigenvalue weighted by atomic mass is 14.6. The molecule has 78 valence electrons. The van der Waals surface area contributed by atoms with Crippen LogP contribution in [0.1, 0.15) is 5.56 Å². The Labute approximate surface area is 114 Å². The molecule has 18 heavy (non-hydrogen) atoms. The van der Waals surface area contributed by atoms with Crippen molar-refractivity contribution >= 4 is 42.6 Å². The van der Waals surface area contributed by atoms with Gasteiger partial charge in [0.15, 0.2) is 0 Å². The summed E-state index contributed by atoms with van der Waals surface area (Å²) in [7, 11) is 22.7. The van der Waals surface area contributed by atoms with E-state index in [0.29, 0.717) is 16.8 Å². The molecule has 0 bridgehead atoms. The minimum Gasteiger partial charge on any atom is -0.398 e. The monoisotopic (exact) mass is 223 g/mol. The Hall–Kier alpha value is -1.68. The van der Waals surface area contributed by atoms with Crippen molar-refractivity contribution in [3.8, 4) is 12.3 Å². The first-order chi connectivity index (χ1) is 8.52. The van der Waals surface area contributed by atoms with E-state index in [1.165, 1.54) is 0 Å². The Morgan fingerprint density at radius 1 is 1.17 bits per heavy atom. The molecule has 0 saturated carbocycles. The van der Waals surface area contributed by atoms with E-state index in [0.717, 1.165) is 0 Å². The molecule has 0 aliphatic rings. The van der Waals surface area contributed by atoms with Gasteiger partial charge >= 0.3 is 0 Å². The third-order valence-electron chi connectivity index (χ3n) is 2.50. The topological polar surface area (TPSA) is 26.0 Å². The SMILES string of the molecule is [B]C/C([B])=C([B])\C([B])=C(/C#C)c1ccccc1N. The van der Waals surface area contributed by atoms with E-state index in [4.69, 9.17) is 43.5 Å². The van der Waals surface area contributed by atoms with Gasteiger partial charge in [-0.2, -0.15) is 0 Å². The lowest BCUT2D eigenvalue weighted by Crippen LogP contribution is -2.01. The fourth-order valence-corrected chi connectivity index (χ4v) is 1.44. The van der Waals surface area contributed by atoms with Crippen molar-refractivity contribution in [1.82, 2.24) is 0 Å². The van der Waals surface area contributed by atoms with Gasteiger partial charge in [0.2, 0.25) is 0 Å². The van der Waals surface area contributed by atoms with Gasteiger partial charge in [-0.25, -0.2) is 0 Å². The molecule has 1 aromatic carbocycles. The third-order valence-corrected chi connectivity index (χ3v) is 2.50. The second-order valence-electron chi connectivity index (χ2n) is 3.66. The Morgan fingerprint density at radius 3 is 2.28 bits per heavy atom. The van der Waals surface area contributed by atoms with Gasteiger partial charge in [-0.05, 0) is 6.07 Å². The van der Waals surface area contributed by atoms with Gasteiger partial charge in [0.05, 0.1) is 7.85 Å². The number of benzene rings is 1. The van der Waals surface area contributed by atoms with E-state index in [-0.39, 0.29) is 22.7 Å².